The van der Waals surface area contributed by atoms with E-state index in [1.54, 1.807) is 10.1 Å². The van der Waals surface area contributed by atoms with E-state index in [1.165, 1.54) is 35.5 Å². The van der Waals surface area contributed by atoms with Crippen molar-refractivity contribution in [3.05, 3.63) is 45.9 Å². The summed E-state index contributed by atoms with van der Waals surface area (Å²) in [5.74, 6) is 3.98. The minimum absolute atomic E-state index is 0.141. The molecule has 2 aliphatic heterocycles. The molecular formula is C21H23N7O5S3. The number of thiazole rings is 1. The fourth-order valence-corrected chi connectivity index (χ4v) is 6.92. The predicted molar refractivity (Wildman–Crippen MR) is 134 cm³/mol. The maximum absolute atomic E-state index is 13.0. The zero-order valence-electron chi connectivity index (χ0n) is 19.5. The fourth-order valence-electron chi connectivity index (χ4n) is 3.81. The van der Waals surface area contributed by atoms with Crippen molar-refractivity contribution >= 4 is 63.5 Å². The lowest BCUT2D eigenvalue weighted by Crippen LogP contribution is -2.71. The lowest BCUT2D eigenvalue weighted by Gasteiger charge is -2.50. The van der Waals surface area contributed by atoms with E-state index in [0.29, 0.717) is 17.1 Å². The van der Waals surface area contributed by atoms with E-state index in [4.69, 9.17) is 16.4 Å². The second-order valence-electron chi connectivity index (χ2n) is 7.93. The minimum atomic E-state index is -1.44. The van der Waals surface area contributed by atoms with E-state index < -0.39 is 29.2 Å². The number of fused-ring (bicyclic) bond motifs is 1. The molecule has 5 N–H and O–H groups in total. The molecule has 2 aromatic heterocycles. The zero-order valence-corrected chi connectivity index (χ0v) is 22.0. The van der Waals surface area contributed by atoms with Crippen molar-refractivity contribution in [1.29, 1.82) is 0 Å². The Labute approximate surface area is 218 Å². The second-order valence-corrected chi connectivity index (χ2v) is 11.0. The molecule has 2 atom stereocenters. The third kappa shape index (κ3) is 4.85. The van der Waals surface area contributed by atoms with E-state index >= 15 is 0 Å². The number of thioether (sulfide) groups is 2. The number of β-lactam (4-membered cyclic amide) rings is 1. The van der Waals surface area contributed by atoms with Crippen molar-refractivity contribution in [2.24, 2.45) is 5.16 Å². The van der Waals surface area contributed by atoms with Crippen molar-refractivity contribution in [2.75, 3.05) is 30.2 Å². The van der Waals surface area contributed by atoms with Gasteiger partial charge in [0.2, 0.25) is 11.4 Å². The summed E-state index contributed by atoms with van der Waals surface area (Å²) >= 11 is 3.94. The number of amides is 2. The van der Waals surface area contributed by atoms with Crippen molar-refractivity contribution in [1.82, 2.24) is 15.2 Å². The number of carboxylic acids is 1. The van der Waals surface area contributed by atoms with Gasteiger partial charge in [-0.05, 0) is 5.57 Å². The quantitative estimate of drug-likeness (QED) is 0.0912. The number of hydrogen-bond acceptors (Lipinski definition) is 12. The van der Waals surface area contributed by atoms with Crippen molar-refractivity contribution in [3.8, 4) is 0 Å². The molecular weight excluding hydrogens is 526 g/mol. The number of pyridine rings is 1. The maximum atomic E-state index is 13.0. The summed E-state index contributed by atoms with van der Waals surface area (Å²) in [5.41, 5.74) is 7.84. The lowest BCUT2D eigenvalue weighted by molar-refractivity contribution is -0.652. The van der Waals surface area contributed by atoms with Crippen LogP contribution in [-0.4, -0.2) is 63.4 Å². The molecule has 2 aliphatic rings. The van der Waals surface area contributed by atoms with Crippen LogP contribution in [0.4, 0.5) is 5.13 Å². The first-order valence-electron chi connectivity index (χ1n) is 10.5. The molecule has 0 spiro atoms. The molecule has 4 heterocycles. The summed E-state index contributed by atoms with van der Waals surface area (Å²) in [6.07, 6.45) is 0. The fraction of sp³-hybridized carbons (Fsp3) is 0.333. The van der Waals surface area contributed by atoms with Crippen LogP contribution in [0.15, 0.2) is 38.8 Å². The molecule has 1 unspecified atom stereocenters. The Balaban J connectivity index is 1.50. The van der Waals surface area contributed by atoms with Crippen LogP contribution in [0, 0.1) is 13.8 Å². The van der Waals surface area contributed by atoms with Crippen molar-refractivity contribution < 1.29 is 29.0 Å². The number of nitrogens with one attached hydrogen (secondary N) is 1. The number of rotatable bonds is 8. The first-order chi connectivity index (χ1) is 17.1. The van der Waals surface area contributed by atoms with Gasteiger partial charge in [-0.1, -0.05) is 9.83 Å². The van der Waals surface area contributed by atoms with Crippen LogP contribution in [0.5, 0.6) is 0 Å². The average molecular weight is 550 g/mol. The molecule has 0 aliphatic carbocycles. The molecule has 2 amide bonds. The zero-order chi connectivity index (χ0) is 26.1. The number of carboxylic acid groups (broad SMARTS) is 1. The van der Waals surface area contributed by atoms with E-state index in [2.05, 4.69) is 15.5 Å². The molecule has 15 heteroatoms. The number of carbonyl (C=O) groups is 3. The predicted octanol–water partition coefficient (Wildman–Crippen LogP) is -1.11. The van der Waals surface area contributed by atoms with Crippen LogP contribution in [0.1, 0.15) is 17.1 Å². The van der Waals surface area contributed by atoms with Crippen molar-refractivity contribution in [3.63, 3.8) is 0 Å². The van der Waals surface area contributed by atoms with Gasteiger partial charge in [0, 0.05) is 47.8 Å². The Hall–Kier alpha value is -3.30. The average Bonchev–Trinajstić information content (AvgIpc) is 3.27. The molecule has 1 fully saturated rings. The number of hydrogen-bond donors (Lipinski definition) is 3. The van der Waals surface area contributed by atoms with Gasteiger partial charge in [-0.25, -0.2) is 10.8 Å². The number of aliphatic carboxylic acids is 1. The van der Waals surface area contributed by atoms with Crippen LogP contribution in [0.3, 0.4) is 0 Å². The molecule has 4 rings (SSSR count). The van der Waals surface area contributed by atoms with E-state index in [-0.39, 0.29) is 22.2 Å². The van der Waals surface area contributed by atoms with Gasteiger partial charge < -0.3 is 25.8 Å². The van der Waals surface area contributed by atoms with E-state index in [1.807, 2.05) is 26.0 Å². The molecule has 36 heavy (non-hydrogen) atoms. The van der Waals surface area contributed by atoms with Crippen LogP contribution in [0.2, 0.25) is 0 Å². The molecule has 0 aromatic carbocycles. The number of nitrogens with two attached hydrogens (primary N) is 2. The number of anilines is 1. The molecule has 0 radical (unpaired) electrons. The van der Waals surface area contributed by atoms with Gasteiger partial charge in [-0.2, -0.15) is 0 Å². The third-order valence-electron chi connectivity index (χ3n) is 5.56. The summed E-state index contributed by atoms with van der Waals surface area (Å²) in [6, 6.07) is 2.87. The molecule has 12 nitrogen and oxygen atoms in total. The van der Waals surface area contributed by atoms with E-state index in [9.17, 15) is 19.5 Å². The van der Waals surface area contributed by atoms with Crippen LogP contribution in [-0.2, 0) is 19.2 Å². The summed E-state index contributed by atoms with van der Waals surface area (Å²) in [7, 11) is 1.28. The maximum Gasteiger partial charge on any atom is 0.276 e. The molecule has 190 valence electrons. The SMILES string of the molecule is CO/N=C(\C(=O)NC1C(=O)N2C(C(=O)[O-])=C(CSc3cc(C)[n+](N)c(C)c3)CS[C@@H]12)c1csc(N)n1. The topological polar surface area (TPSA) is 180 Å². The minimum Gasteiger partial charge on any atom is -0.543 e. The normalized spacial score (nSPS) is 19.6. The summed E-state index contributed by atoms with van der Waals surface area (Å²) < 4.78 is 1.57. The number of aromatic nitrogens is 2. The highest BCUT2D eigenvalue weighted by molar-refractivity contribution is 8.01. The Kier molecular flexibility index (Phi) is 7.42. The van der Waals surface area contributed by atoms with Gasteiger partial charge in [0.15, 0.2) is 10.8 Å². The molecule has 1 saturated heterocycles. The van der Waals surface area contributed by atoms with Crippen molar-refractivity contribution in [2.45, 2.75) is 30.2 Å². The highest BCUT2D eigenvalue weighted by Crippen LogP contribution is 2.41. The third-order valence-corrected chi connectivity index (χ3v) is 8.64. The van der Waals surface area contributed by atoms with Gasteiger partial charge in [-0.3, -0.25) is 14.5 Å². The Morgan fingerprint density at radius 1 is 1.39 bits per heavy atom. The van der Waals surface area contributed by atoms with Crippen LogP contribution >= 0.6 is 34.9 Å². The number of oxime groups is 1. The van der Waals surface area contributed by atoms with Gasteiger partial charge in [0.25, 0.3) is 11.8 Å². The van der Waals surface area contributed by atoms with Crippen LogP contribution < -0.4 is 26.7 Å². The highest BCUT2D eigenvalue weighted by atomic mass is 32.2. The molecule has 2 aromatic rings. The highest BCUT2D eigenvalue weighted by Gasteiger charge is 2.53. The van der Waals surface area contributed by atoms with Gasteiger partial charge >= 0.3 is 0 Å². The first-order valence-corrected chi connectivity index (χ1v) is 13.5. The molecule has 0 saturated carbocycles. The first kappa shape index (κ1) is 25.8. The number of nitrogens with zero attached hydrogens (tertiary/aromatic N) is 4. The Bertz CT molecular complexity index is 1290. The number of nitrogen functional groups attached to an aromatic ring is 2. The molecule has 0 bridgehead atoms. The van der Waals surface area contributed by atoms with Gasteiger partial charge in [0.05, 0.1) is 11.7 Å². The lowest BCUT2D eigenvalue weighted by atomic mass is 10.0. The van der Waals surface area contributed by atoms with Gasteiger partial charge in [0.1, 0.15) is 24.2 Å². The van der Waals surface area contributed by atoms with E-state index in [0.717, 1.165) is 27.6 Å². The van der Waals surface area contributed by atoms with Gasteiger partial charge in [-0.15, -0.1) is 34.9 Å². The Morgan fingerprint density at radius 3 is 2.67 bits per heavy atom. The van der Waals surface area contributed by atoms with Crippen LogP contribution in [0.25, 0.3) is 0 Å². The largest absolute Gasteiger partial charge is 0.543 e. The standard InChI is InChI=1S/C21H23N7O5S3/c1-9-4-12(5-10(2)28(9)23)34-6-11-7-35-19-15(18(30)27(19)16(11)20(31)32)25-17(29)14(26-33-3)13-8-36-21(22)24-13/h4-5,8,15,19H,6-7,23H2,1-3H3,(H3-,22,24,25,29,31,32)/b26-14-/t15?,19-/m0/s1. The number of aryl methyl sites for hydroxylation is 2. The smallest absolute Gasteiger partial charge is 0.276 e. The monoisotopic (exact) mass is 549 g/mol. The Morgan fingerprint density at radius 2 is 2.08 bits per heavy atom. The second kappa shape index (κ2) is 10.4. The summed E-state index contributed by atoms with van der Waals surface area (Å²) in [4.78, 5) is 48.7. The summed E-state index contributed by atoms with van der Waals surface area (Å²) in [6.45, 7) is 3.76. The summed E-state index contributed by atoms with van der Waals surface area (Å²) in [5, 5.41) is 19.5. The number of carbonyl (C=O) groups excluding carboxylic acids is 3.